The molecule has 0 aliphatic carbocycles. The van der Waals surface area contributed by atoms with E-state index in [1.54, 1.807) is 24.3 Å². The van der Waals surface area contributed by atoms with Gasteiger partial charge >= 0.3 is 0 Å². The lowest BCUT2D eigenvalue weighted by Gasteiger charge is -2.19. The number of amides is 2. The third-order valence-corrected chi connectivity index (χ3v) is 3.48. The normalized spacial score (nSPS) is 12.3. The molecule has 26 heavy (non-hydrogen) atoms. The van der Waals surface area contributed by atoms with Crippen LogP contribution in [0.2, 0.25) is 0 Å². The summed E-state index contributed by atoms with van der Waals surface area (Å²) < 4.78 is 13.1. The number of hydrogen-bond acceptors (Lipinski definition) is 4. The first-order valence-corrected chi connectivity index (χ1v) is 7.71. The van der Waals surface area contributed by atoms with Crippen molar-refractivity contribution in [2.45, 2.75) is 19.1 Å². The fourth-order valence-corrected chi connectivity index (χ4v) is 2.11. The number of carbonyl (C=O) groups excluding carboxylic acids is 2. The Hall–Kier alpha value is -3.21. The van der Waals surface area contributed by atoms with Gasteiger partial charge in [-0.2, -0.15) is 0 Å². The topological polar surface area (TPSA) is 98.7 Å². The Labute approximate surface area is 149 Å². The minimum absolute atomic E-state index is 0.248. The smallest absolute Gasteiger partial charge is 0.268 e. The minimum Gasteiger partial charge on any atom is -0.391 e. The molecule has 2 aromatic carbocycles. The van der Waals surface area contributed by atoms with Crippen LogP contribution >= 0.6 is 0 Å². The summed E-state index contributed by atoms with van der Waals surface area (Å²) in [4.78, 5) is 23.6. The van der Waals surface area contributed by atoms with Crippen LogP contribution in [-0.2, 0) is 4.79 Å². The first-order valence-electron chi connectivity index (χ1n) is 7.71. The molecule has 0 aromatic heterocycles. The molecule has 7 heteroatoms. The maximum Gasteiger partial charge on any atom is 0.268 e. The lowest BCUT2D eigenvalue weighted by atomic mass is 10.1. The summed E-state index contributed by atoms with van der Waals surface area (Å²) >= 11 is 0. The van der Waals surface area contributed by atoms with Crippen molar-refractivity contribution >= 4 is 11.8 Å². The van der Waals surface area contributed by atoms with E-state index in [0.29, 0.717) is 11.1 Å². The average molecular weight is 356 g/mol. The SMILES string of the molecule is C[C@@H](O)[C@H](NC(=O)c1ccc(C#Cc2cccc(F)c2)cc1)C(=O)NO. The Morgan fingerprint density at radius 2 is 1.73 bits per heavy atom. The quantitative estimate of drug-likeness (QED) is 0.376. The summed E-state index contributed by atoms with van der Waals surface area (Å²) in [6.07, 6.45) is -1.19. The number of hydrogen-bond donors (Lipinski definition) is 4. The summed E-state index contributed by atoms with van der Waals surface area (Å²) in [5.74, 6) is 3.78. The van der Waals surface area contributed by atoms with Gasteiger partial charge in [0.15, 0.2) is 0 Å². The molecular weight excluding hydrogens is 339 g/mol. The molecule has 0 aliphatic rings. The number of aliphatic hydroxyl groups is 1. The van der Waals surface area contributed by atoms with Crippen LogP contribution in [0.4, 0.5) is 4.39 Å². The number of nitrogens with one attached hydrogen (secondary N) is 2. The number of halogens is 1. The summed E-state index contributed by atoms with van der Waals surface area (Å²) in [5.41, 5.74) is 2.78. The van der Waals surface area contributed by atoms with Crippen LogP contribution in [0.5, 0.6) is 0 Å². The second-order valence-electron chi connectivity index (χ2n) is 5.51. The van der Waals surface area contributed by atoms with Crippen molar-refractivity contribution in [1.29, 1.82) is 0 Å². The molecule has 134 valence electrons. The Morgan fingerprint density at radius 1 is 1.08 bits per heavy atom. The number of aliphatic hydroxyl groups excluding tert-OH is 1. The zero-order valence-corrected chi connectivity index (χ0v) is 13.9. The molecule has 2 aromatic rings. The van der Waals surface area contributed by atoms with E-state index in [4.69, 9.17) is 5.21 Å². The van der Waals surface area contributed by atoms with Gasteiger partial charge in [-0.3, -0.25) is 14.8 Å². The molecule has 0 radical (unpaired) electrons. The van der Waals surface area contributed by atoms with Gasteiger partial charge in [-0.25, -0.2) is 9.87 Å². The molecule has 2 rings (SSSR count). The van der Waals surface area contributed by atoms with Gasteiger partial charge in [0.2, 0.25) is 0 Å². The predicted octanol–water partition coefficient (Wildman–Crippen LogP) is 1.21. The molecule has 0 fully saturated rings. The van der Waals surface area contributed by atoms with E-state index in [1.807, 2.05) is 0 Å². The van der Waals surface area contributed by atoms with Crippen molar-refractivity contribution in [3.05, 3.63) is 71.0 Å². The van der Waals surface area contributed by atoms with Gasteiger partial charge in [-0.1, -0.05) is 17.9 Å². The Bertz CT molecular complexity index is 854. The largest absolute Gasteiger partial charge is 0.391 e. The van der Waals surface area contributed by atoms with Gasteiger partial charge in [0.25, 0.3) is 11.8 Å². The average Bonchev–Trinajstić information content (AvgIpc) is 2.64. The first-order chi connectivity index (χ1) is 12.4. The minimum atomic E-state index is -1.29. The molecule has 0 saturated heterocycles. The third kappa shape index (κ3) is 5.14. The van der Waals surface area contributed by atoms with Crippen LogP contribution in [0.25, 0.3) is 0 Å². The molecule has 2 atom stereocenters. The Kier molecular flexibility index (Phi) is 6.44. The maximum absolute atomic E-state index is 13.1. The lowest BCUT2D eigenvalue weighted by Crippen LogP contribution is -2.51. The highest BCUT2D eigenvalue weighted by molar-refractivity contribution is 5.97. The molecular formula is C19H17FN2O4. The van der Waals surface area contributed by atoms with Gasteiger partial charge in [-0.15, -0.1) is 0 Å². The highest BCUT2D eigenvalue weighted by Gasteiger charge is 2.25. The molecule has 0 aliphatic heterocycles. The summed E-state index contributed by atoms with van der Waals surface area (Å²) in [5, 5.41) is 20.5. The van der Waals surface area contributed by atoms with Crippen LogP contribution in [0.1, 0.15) is 28.4 Å². The van der Waals surface area contributed by atoms with Crippen LogP contribution in [0.15, 0.2) is 48.5 Å². The molecule has 4 N–H and O–H groups in total. The number of hydroxylamine groups is 1. The van der Waals surface area contributed by atoms with Crippen molar-refractivity contribution in [3.63, 3.8) is 0 Å². The van der Waals surface area contributed by atoms with Crippen molar-refractivity contribution in [3.8, 4) is 11.8 Å². The van der Waals surface area contributed by atoms with Gasteiger partial charge in [0.1, 0.15) is 11.9 Å². The lowest BCUT2D eigenvalue weighted by molar-refractivity contribution is -0.133. The first kappa shape index (κ1) is 19.1. The van der Waals surface area contributed by atoms with Gasteiger partial charge in [0, 0.05) is 16.7 Å². The molecule has 2 amide bonds. The van der Waals surface area contributed by atoms with E-state index < -0.39 is 24.0 Å². The Balaban J connectivity index is 2.09. The standard InChI is InChI=1S/C19H17FN2O4/c1-12(23)17(19(25)22-26)21-18(24)15-9-7-13(8-10-15)5-6-14-3-2-4-16(20)11-14/h2-4,7-12,17,23,26H,1H3,(H,21,24)(H,22,25)/t12-,17+/m1/s1. The second-order valence-corrected chi connectivity index (χ2v) is 5.51. The van der Waals surface area contributed by atoms with Gasteiger partial charge in [0.05, 0.1) is 6.10 Å². The van der Waals surface area contributed by atoms with E-state index in [9.17, 15) is 19.1 Å². The fourth-order valence-electron chi connectivity index (χ4n) is 2.11. The van der Waals surface area contributed by atoms with E-state index in [-0.39, 0.29) is 11.4 Å². The molecule has 0 heterocycles. The molecule has 0 saturated carbocycles. The van der Waals surface area contributed by atoms with Crippen LogP contribution < -0.4 is 10.8 Å². The highest BCUT2D eigenvalue weighted by Crippen LogP contribution is 2.06. The number of carbonyl (C=O) groups is 2. The van der Waals surface area contributed by atoms with Gasteiger partial charge < -0.3 is 10.4 Å². The van der Waals surface area contributed by atoms with Crippen molar-refractivity contribution < 1.29 is 24.3 Å². The molecule has 0 unspecified atom stereocenters. The van der Waals surface area contributed by atoms with Crippen molar-refractivity contribution in [2.24, 2.45) is 0 Å². The summed E-state index contributed by atoms with van der Waals surface area (Å²) in [6.45, 7) is 1.31. The van der Waals surface area contributed by atoms with E-state index in [1.165, 1.54) is 36.7 Å². The summed E-state index contributed by atoms with van der Waals surface area (Å²) in [7, 11) is 0. The van der Waals surface area contributed by atoms with Crippen LogP contribution in [0, 0.1) is 17.7 Å². The molecule has 6 nitrogen and oxygen atoms in total. The predicted molar refractivity (Wildman–Crippen MR) is 91.7 cm³/mol. The molecule has 0 bridgehead atoms. The monoisotopic (exact) mass is 356 g/mol. The maximum atomic E-state index is 13.1. The molecule has 0 spiro atoms. The zero-order chi connectivity index (χ0) is 19.1. The fraction of sp³-hybridized carbons (Fsp3) is 0.158. The second kappa shape index (κ2) is 8.76. The Morgan fingerprint density at radius 3 is 2.31 bits per heavy atom. The zero-order valence-electron chi connectivity index (χ0n) is 13.9. The highest BCUT2D eigenvalue weighted by atomic mass is 19.1. The van der Waals surface area contributed by atoms with E-state index >= 15 is 0 Å². The summed E-state index contributed by atoms with van der Waals surface area (Å²) in [6, 6.07) is 10.8. The van der Waals surface area contributed by atoms with Crippen LogP contribution in [0.3, 0.4) is 0 Å². The van der Waals surface area contributed by atoms with E-state index in [2.05, 4.69) is 17.2 Å². The third-order valence-electron chi connectivity index (χ3n) is 3.48. The van der Waals surface area contributed by atoms with Crippen LogP contribution in [-0.4, -0.2) is 34.3 Å². The number of benzene rings is 2. The van der Waals surface area contributed by atoms with Crippen molar-refractivity contribution in [2.75, 3.05) is 0 Å². The van der Waals surface area contributed by atoms with E-state index in [0.717, 1.165) is 0 Å². The van der Waals surface area contributed by atoms with Crippen molar-refractivity contribution in [1.82, 2.24) is 10.8 Å². The number of rotatable bonds is 4. The van der Waals surface area contributed by atoms with Gasteiger partial charge in [-0.05, 0) is 49.4 Å².